The van der Waals surface area contributed by atoms with Gasteiger partial charge in [0.25, 0.3) is 6.33 Å². The zero-order chi connectivity index (χ0) is 30.7. The monoisotopic (exact) mass is 620 g/mol. The SMILES string of the molecule is CC(=O)Oc1ccc(C[n+]2cnn(CC(O)(c3ccc(F)cc3F)C(C)c3nc(-c4ccc(C#N)cc4)cs3)c2)cc1Cl. The van der Waals surface area contributed by atoms with Crippen LogP contribution in [-0.4, -0.2) is 25.8 Å². The van der Waals surface area contributed by atoms with Gasteiger partial charge in [-0.05, 0) is 35.9 Å². The summed E-state index contributed by atoms with van der Waals surface area (Å²) in [6.07, 6.45) is 3.20. The molecule has 43 heavy (non-hydrogen) atoms. The van der Waals surface area contributed by atoms with Crippen LogP contribution in [0.15, 0.2) is 78.7 Å². The second-order valence-electron chi connectivity index (χ2n) is 10.0. The maximum atomic E-state index is 15.2. The van der Waals surface area contributed by atoms with Crippen LogP contribution in [0.4, 0.5) is 8.78 Å². The molecule has 0 bridgehead atoms. The van der Waals surface area contributed by atoms with Crippen LogP contribution in [0.5, 0.6) is 5.75 Å². The maximum absolute atomic E-state index is 15.2. The van der Waals surface area contributed by atoms with Crippen LogP contribution in [-0.2, 0) is 23.5 Å². The fourth-order valence-electron chi connectivity index (χ4n) is 4.70. The first-order valence-electron chi connectivity index (χ1n) is 13.1. The number of carbonyl (C=O) groups excluding carboxylic acids is 1. The Morgan fingerprint density at radius 2 is 1.98 bits per heavy atom. The summed E-state index contributed by atoms with van der Waals surface area (Å²) < 4.78 is 37.3. The number of nitriles is 1. The van der Waals surface area contributed by atoms with Crippen LogP contribution >= 0.6 is 22.9 Å². The highest BCUT2D eigenvalue weighted by Gasteiger charge is 2.43. The minimum atomic E-state index is -1.86. The molecule has 0 radical (unpaired) electrons. The van der Waals surface area contributed by atoms with Crippen molar-refractivity contribution in [2.75, 3.05) is 0 Å². The van der Waals surface area contributed by atoms with Gasteiger partial charge < -0.3 is 9.84 Å². The first-order chi connectivity index (χ1) is 20.5. The van der Waals surface area contributed by atoms with Gasteiger partial charge in [-0.3, -0.25) is 4.79 Å². The average Bonchev–Trinajstić information content (AvgIpc) is 3.64. The first kappa shape index (κ1) is 30.0. The number of aromatic nitrogens is 4. The van der Waals surface area contributed by atoms with E-state index in [0.717, 1.165) is 23.3 Å². The molecule has 0 amide bonds. The Morgan fingerprint density at radius 3 is 2.65 bits per heavy atom. The minimum Gasteiger partial charge on any atom is -0.425 e. The van der Waals surface area contributed by atoms with Gasteiger partial charge >= 0.3 is 5.97 Å². The summed E-state index contributed by atoms with van der Waals surface area (Å²) in [5.41, 5.74) is 0.805. The third kappa shape index (κ3) is 6.62. The van der Waals surface area contributed by atoms with E-state index in [4.69, 9.17) is 26.6 Å². The Morgan fingerprint density at radius 1 is 1.21 bits per heavy atom. The Bertz CT molecular complexity index is 1840. The molecule has 0 fully saturated rings. The van der Waals surface area contributed by atoms with Gasteiger partial charge in [0.15, 0.2) is 0 Å². The van der Waals surface area contributed by atoms with Crippen molar-refractivity contribution >= 4 is 28.9 Å². The molecule has 8 nitrogen and oxygen atoms in total. The molecule has 0 aliphatic heterocycles. The van der Waals surface area contributed by atoms with Crippen molar-refractivity contribution in [1.29, 1.82) is 5.26 Å². The minimum absolute atomic E-state index is 0.0913. The van der Waals surface area contributed by atoms with Gasteiger partial charge in [0.2, 0.25) is 6.33 Å². The third-order valence-corrected chi connectivity index (χ3v) is 8.29. The lowest BCUT2D eigenvalue weighted by Crippen LogP contribution is -2.39. The van der Waals surface area contributed by atoms with Gasteiger partial charge in [-0.2, -0.15) is 5.26 Å². The topological polar surface area (TPSA) is 105 Å². The lowest BCUT2D eigenvalue weighted by atomic mass is 9.82. The van der Waals surface area contributed by atoms with Crippen molar-refractivity contribution in [3.63, 3.8) is 0 Å². The number of rotatable bonds is 9. The van der Waals surface area contributed by atoms with Gasteiger partial charge in [-0.25, -0.2) is 18.3 Å². The number of hydrogen-bond donors (Lipinski definition) is 1. The summed E-state index contributed by atoms with van der Waals surface area (Å²) in [4.78, 5) is 16.0. The highest BCUT2D eigenvalue weighted by atomic mass is 35.5. The van der Waals surface area contributed by atoms with E-state index in [2.05, 4.69) is 11.2 Å². The van der Waals surface area contributed by atoms with E-state index in [1.165, 1.54) is 29.0 Å². The van der Waals surface area contributed by atoms with Crippen molar-refractivity contribution in [2.45, 2.75) is 38.5 Å². The molecule has 1 N–H and O–H groups in total. The van der Waals surface area contributed by atoms with E-state index in [0.29, 0.717) is 22.8 Å². The Balaban J connectivity index is 1.43. The van der Waals surface area contributed by atoms with Gasteiger partial charge in [-0.1, -0.05) is 42.8 Å². The molecule has 2 heterocycles. The number of benzene rings is 3. The second kappa shape index (κ2) is 12.4. The van der Waals surface area contributed by atoms with Crippen molar-refractivity contribution in [2.24, 2.45) is 0 Å². The fourth-order valence-corrected chi connectivity index (χ4v) is 5.91. The van der Waals surface area contributed by atoms with Crippen LogP contribution in [0.3, 0.4) is 0 Å². The van der Waals surface area contributed by atoms with Crippen LogP contribution in [0.1, 0.15) is 41.5 Å². The number of nitrogens with zero attached hydrogens (tertiary/aromatic N) is 5. The van der Waals surface area contributed by atoms with Crippen molar-refractivity contribution in [1.82, 2.24) is 14.8 Å². The second-order valence-corrected chi connectivity index (χ2v) is 11.3. The molecule has 0 aliphatic carbocycles. The average molecular weight is 621 g/mol. The Hall–Kier alpha value is -4.50. The number of halogens is 3. The predicted molar refractivity (Wildman–Crippen MR) is 155 cm³/mol. The largest absolute Gasteiger partial charge is 0.425 e. The maximum Gasteiger partial charge on any atom is 0.308 e. The number of hydrogen-bond acceptors (Lipinski definition) is 7. The Kier molecular flexibility index (Phi) is 8.64. The molecule has 218 valence electrons. The summed E-state index contributed by atoms with van der Waals surface area (Å²) in [7, 11) is 0. The number of aliphatic hydroxyl groups is 1. The van der Waals surface area contributed by atoms with Gasteiger partial charge in [0.1, 0.15) is 29.5 Å². The molecule has 12 heteroatoms. The molecule has 2 unspecified atom stereocenters. The van der Waals surface area contributed by atoms with Crippen molar-refractivity contribution < 1.29 is 28.0 Å². The third-order valence-electron chi connectivity index (χ3n) is 6.96. The van der Waals surface area contributed by atoms with Crippen LogP contribution in [0.25, 0.3) is 11.3 Å². The lowest BCUT2D eigenvalue weighted by molar-refractivity contribution is -0.689. The summed E-state index contributed by atoms with van der Waals surface area (Å²) >= 11 is 7.56. The summed E-state index contributed by atoms with van der Waals surface area (Å²) in [5.74, 6) is -2.60. The summed E-state index contributed by atoms with van der Waals surface area (Å²) in [6.45, 7) is 3.21. The van der Waals surface area contributed by atoms with E-state index in [1.54, 1.807) is 66.6 Å². The molecule has 0 saturated heterocycles. The van der Waals surface area contributed by atoms with E-state index >= 15 is 4.39 Å². The van der Waals surface area contributed by atoms with E-state index in [9.17, 15) is 14.3 Å². The molecular weight excluding hydrogens is 596 g/mol. The molecule has 2 atom stereocenters. The molecule has 0 aliphatic rings. The van der Waals surface area contributed by atoms with Crippen molar-refractivity contribution in [3.8, 4) is 23.1 Å². The lowest BCUT2D eigenvalue weighted by Gasteiger charge is -2.32. The number of ether oxygens (including phenoxy) is 1. The van der Waals surface area contributed by atoms with Gasteiger partial charge in [0.05, 0.1) is 33.9 Å². The Labute approximate surface area is 255 Å². The normalized spacial score (nSPS) is 13.2. The molecule has 3 aromatic carbocycles. The zero-order valence-corrected chi connectivity index (χ0v) is 24.6. The molecule has 0 spiro atoms. The number of thiazole rings is 1. The van der Waals surface area contributed by atoms with Crippen molar-refractivity contribution in [3.05, 3.63) is 117 Å². The van der Waals surface area contributed by atoms with E-state index < -0.39 is 29.1 Å². The fraction of sp³-hybridized carbons (Fsp3) is 0.194. The summed E-state index contributed by atoms with van der Waals surface area (Å²) in [6, 6.07) is 17.1. The van der Waals surface area contributed by atoms with Crippen LogP contribution in [0, 0.1) is 23.0 Å². The number of carbonyl (C=O) groups is 1. The molecule has 5 rings (SSSR count). The van der Waals surface area contributed by atoms with E-state index in [1.807, 2.05) is 5.38 Å². The quantitative estimate of drug-likeness (QED) is 0.128. The van der Waals surface area contributed by atoms with E-state index in [-0.39, 0.29) is 22.9 Å². The molecular formula is C31H25ClF2N5O3S+. The standard InChI is InChI=1S/C31H25ClF2N5O3S/c1-19(30-37-28(15-43-30)23-6-3-21(13-35)4-7-23)31(41,25-9-8-24(33)12-27(25)34)16-39-18-38(17-36-39)14-22-5-10-29(26(32)11-22)42-20(2)40/h3-12,15,17-19,41H,14,16H2,1-2H3/q+1. The molecule has 5 aromatic rings. The zero-order valence-electron chi connectivity index (χ0n) is 23.0. The van der Waals surface area contributed by atoms with Gasteiger partial charge in [-0.15, -0.1) is 16.0 Å². The van der Waals surface area contributed by atoms with Crippen LogP contribution < -0.4 is 9.30 Å². The molecule has 0 saturated carbocycles. The number of esters is 1. The highest BCUT2D eigenvalue weighted by molar-refractivity contribution is 7.10. The first-order valence-corrected chi connectivity index (χ1v) is 14.3. The smallest absolute Gasteiger partial charge is 0.308 e. The highest BCUT2D eigenvalue weighted by Crippen LogP contribution is 2.41. The summed E-state index contributed by atoms with van der Waals surface area (Å²) in [5, 5.41) is 28.2. The predicted octanol–water partition coefficient (Wildman–Crippen LogP) is 5.76. The molecule has 2 aromatic heterocycles. The van der Waals surface area contributed by atoms with Gasteiger partial charge in [0, 0.05) is 40.5 Å². The van der Waals surface area contributed by atoms with Crippen LogP contribution in [0.2, 0.25) is 5.02 Å².